The summed E-state index contributed by atoms with van der Waals surface area (Å²) in [7, 11) is 0. The number of hydrogen-bond acceptors (Lipinski definition) is 4. The van der Waals surface area contributed by atoms with Crippen molar-refractivity contribution < 1.29 is 4.79 Å². The molecule has 5 heteroatoms. The lowest BCUT2D eigenvalue weighted by Gasteiger charge is -2.05. The Hall–Kier alpha value is -2.33. The van der Waals surface area contributed by atoms with E-state index in [4.69, 9.17) is 11.6 Å². The van der Waals surface area contributed by atoms with Crippen LogP contribution in [-0.2, 0) is 0 Å². The molecule has 0 amide bonds. The number of nitrogens with zero attached hydrogens (tertiary/aromatic N) is 3. The van der Waals surface area contributed by atoms with Gasteiger partial charge in [-0.05, 0) is 13.0 Å². The first-order chi connectivity index (χ1) is 9.65. The minimum absolute atomic E-state index is 0.0653. The van der Waals surface area contributed by atoms with Gasteiger partial charge >= 0.3 is 0 Å². The molecule has 4 nitrogen and oxygen atoms in total. The van der Waals surface area contributed by atoms with E-state index in [1.807, 2.05) is 30.3 Å². The van der Waals surface area contributed by atoms with Gasteiger partial charge in [0.15, 0.2) is 16.6 Å². The molecule has 3 aromatic rings. The number of halogens is 1. The lowest BCUT2D eigenvalue weighted by atomic mass is 10.1. The van der Waals surface area contributed by atoms with Crippen molar-refractivity contribution in [2.45, 2.75) is 6.92 Å². The number of ketones is 1. The van der Waals surface area contributed by atoms with Crippen LogP contribution in [0, 0.1) is 0 Å². The zero-order valence-corrected chi connectivity index (χ0v) is 11.4. The van der Waals surface area contributed by atoms with Crippen molar-refractivity contribution in [3.05, 3.63) is 53.3 Å². The molecule has 1 aromatic carbocycles. The number of rotatable bonds is 2. The fourth-order valence-electron chi connectivity index (χ4n) is 1.90. The van der Waals surface area contributed by atoms with E-state index in [1.54, 1.807) is 6.07 Å². The minimum Gasteiger partial charge on any atom is -0.294 e. The average molecular weight is 284 g/mol. The first kappa shape index (κ1) is 12.7. The minimum atomic E-state index is -0.0653. The fraction of sp³-hybridized carbons (Fsp3) is 0.0667. The van der Waals surface area contributed by atoms with Gasteiger partial charge in [0.05, 0.1) is 0 Å². The number of Topliss-reactive ketones (excluding diaryl/α,β-unsaturated/α-hetero) is 1. The van der Waals surface area contributed by atoms with Crippen molar-refractivity contribution in [1.29, 1.82) is 0 Å². The molecule has 98 valence electrons. The molecule has 0 spiro atoms. The van der Waals surface area contributed by atoms with E-state index < -0.39 is 0 Å². The Morgan fingerprint density at radius 1 is 1.15 bits per heavy atom. The molecular formula is C15H10ClN3O. The van der Waals surface area contributed by atoms with Gasteiger partial charge in [-0.1, -0.05) is 41.9 Å². The highest BCUT2D eigenvalue weighted by atomic mass is 35.5. The highest BCUT2D eigenvalue weighted by Crippen LogP contribution is 2.26. The van der Waals surface area contributed by atoms with Crippen molar-refractivity contribution in [2.24, 2.45) is 0 Å². The SMILES string of the molecule is CC(=O)c1cnc2nc(-c3ccccc3)c(Cl)nc2c1. The summed E-state index contributed by atoms with van der Waals surface area (Å²) in [6.45, 7) is 1.48. The highest BCUT2D eigenvalue weighted by Gasteiger charge is 2.11. The van der Waals surface area contributed by atoms with E-state index >= 15 is 0 Å². The number of hydrogen-bond donors (Lipinski definition) is 0. The number of fused-ring (bicyclic) bond motifs is 1. The van der Waals surface area contributed by atoms with Gasteiger partial charge in [0.1, 0.15) is 11.2 Å². The number of carbonyl (C=O) groups excluding carboxylic acids is 1. The largest absolute Gasteiger partial charge is 0.294 e. The maximum atomic E-state index is 11.3. The number of pyridine rings is 1. The van der Waals surface area contributed by atoms with Crippen LogP contribution in [0.5, 0.6) is 0 Å². The van der Waals surface area contributed by atoms with E-state index in [0.29, 0.717) is 27.6 Å². The summed E-state index contributed by atoms with van der Waals surface area (Å²) in [5.41, 5.74) is 2.95. The van der Waals surface area contributed by atoms with Gasteiger partial charge < -0.3 is 0 Å². The maximum absolute atomic E-state index is 11.3. The zero-order chi connectivity index (χ0) is 14.1. The number of carbonyl (C=O) groups is 1. The summed E-state index contributed by atoms with van der Waals surface area (Å²) in [5.74, 6) is -0.0653. The molecule has 20 heavy (non-hydrogen) atoms. The first-order valence-corrected chi connectivity index (χ1v) is 6.42. The Balaban J connectivity index is 2.20. The molecule has 0 bridgehead atoms. The Labute approximate surface area is 120 Å². The van der Waals surface area contributed by atoms with Gasteiger partial charge in [-0.2, -0.15) is 0 Å². The molecule has 0 saturated heterocycles. The molecule has 2 aromatic heterocycles. The molecule has 0 aliphatic carbocycles. The second-order valence-corrected chi connectivity index (χ2v) is 4.71. The lowest BCUT2D eigenvalue weighted by Crippen LogP contribution is -1.98. The third-order valence-electron chi connectivity index (χ3n) is 2.93. The molecule has 0 fully saturated rings. The summed E-state index contributed by atoms with van der Waals surface area (Å²) < 4.78 is 0. The van der Waals surface area contributed by atoms with Crippen molar-refractivity contribution >= 4 is 28.5 Å². The average Bonchev–Trinajstić information content (AvgIpc) is 2.46. The molecule has 0 radical (unpaired) electrons. The summed E-state index contributed by atoms with van der Waals surface area (Å²) >= 11 is 6.18. The van der Waals surface area contributed by atoms with Crippen LogP contribution in [0.4, 0.5) is 0 Å². The van der Waals surface area contributed by atoms with Crippen LogP contribution in [-0.4, -0.2) is 20.7 Å². The predicted octanol–water partition coefficient (Wildman–Crippen LogP) is 3.55. The molecule has 0 N–H and O–H groups in total. The molecule has 0 unspecified atom stereocenters. The summed E-state index contributed by atoms with van der Waals surface area (Å²) in [6.07, 6.45) is 1.50. The third kappa shape index (κ3) is 2.26. The van der Waals surface area contributed by atoms with Gasteiger partial charge in [-0.15, -0.1) is 0 Å². The fourth-order valence-corrected chi connectivity index (χ4v) is 2.14. The van der Waals surface area contributed by atoms with Gasteiger partial charge in [0.25, 0.3) is 0 Å². The molecule has 3 rings (SSSR count). The number of aromatic nitrogens is 3. The van der Waals surface area contributed by atoms with Crippen LogP contribution >= 0.6 is 11.6 Å². The van der Waals surface area contributed by atoms with E-state index in [0.717, 1.165) is 5.56 Å². The first-order valence-electron chi connectivity index (χ1n) is 6.05. The quantitative estimate of drug-likeness (QED) is 0.675. The van der Waals surface area contributed by atoms with Crippen LogP contribution in [0.15, 0.2) is 42.6 Å². The van der Waals surface area contributed by atoms with Crippen LogP contribution in [0.25, 0.3) is 22.4 Å². The van der Waals surface area contributed by atoms with Gasteiger partial charge in [0, 0.05) is 17.3 Å². The van der Waals surface area contributed by atoms with Gasteiger partial charge in [-0.25, -0.2) is 15.0 Å². The van der Waals surface area contributed by atoms with E-state index in [1.165, 1.54) is 13.1 Å². The Morgan fingerprint density at radius 3 is 2.60 bits per heavy atom. The standard InChI is InChI=1S/C15H10ClN3O/c1-9(20)11-7-12-15(17-8-11)19-13(14(16)18-12)10-5-3-2-4-6-10/h2-8H,1H3. The van der Waals surface area contributed by atoms with Crippen molar-refractivity contribution in [3.8, 4) is 11.3 Å². The second kappa shape index (κ2) is 4.98. The smallest absolute Gasteiger partial charge is 0.178 e. The normalized spacial score (nSPS) is 10.7. The topological polar surface area (TPSA) is 55.7 Å². The Bertz CT molecular complexity index is 803. The lowest BCUT2D eigenvalue weighted by molar-refractivity contribution is 0.101. The zero-order valence-electron chi connectivity index (χ0n) is 10.7. The van der Waals surface area contributed by atoms with Crippen LogP contribution in [0.2, 0.25) is 5.15 Å². The van der Waals surface area contributed by atoms with Crippen molar-refractivity contribution in [1.82, 2.24) is 15.0 Å². The summed E-state index contributed by atoms with van der Waals surface area (Å²) in [5, 5.41) is 0.297. The molecule has 0 aliphatic rings. The van der Waals surface area contributed by atoms with Crippen molar-refractivity contribution in [2.75, 3.05) is 0 Å². The van der Waals surface area contributed by atoms with E-state index in [2.05, 4.69) is 15.0 Å². The monoisotopic (exact) mass is 283 g/mol. The number of benzene rings is 1. The molecule has 0 aliphatic heterocycles. The maximum Gasteiger partial charge on any atom is 0.178 e. The highest BCUT2D eigenvalue weighted by molar-refractivity contribution is 6.32. The predicted molar refractivity (Wildman–Crippen MR) is 77.8 cm³/mol. The van der Waals surface area contributed by atoms with E-state index in [-0.39, 0.29) is 5.78 Å². The Morgan fingerprint density at radius 2 is 1.90 bits per heavy atom. The third-order valence-corrected chi connectivity index (χ3v) is 3.20. The van der Waals surface area contributed by atoms with Crippen molar-refractivity contribution in [3.63, 3.8) is 0 Å². The summed E-state index contributed by atoms with van der Waals surface area (Å²) in [4.78, 5) is 24.2. The van der Waals surface area contributed by atoms with Crippen LogP contribution < -0.4 is 0 Å². The van der Waals surface area contributed by atoms with Gasteiger partial charge in [0.2, 0.25) is 0 Å². The van der Waals surface area contributed by atoms with Crippen LogP contribution in [0.3, 0.4) is 0 Å². The second-order valence-electron chi connectivity index (χ2n) is 4.35. The molecular weight excluding hydrogens is 274 g/mol. The van der Waals surface area contributed by atoms with Crippen LogP contribution in [0.1, 0.15) is 17.3 Å². The Kier molecular flexibility index (Phi) is 3.16. The summed E-state index contributed by atoms with van der Waals surface area (Å²) in [6, 6.07) is 11.2. The van der Waals surface area contributed by atoms with Gasteiger partial charge in [-0.3, -0.25) is 4.79 Å². The molecule has 0 atom stereocenters. The van der Waals surface area contributed by atoms with E-state index in [9.17, 15) is 4.79 Å². The molecule has 0 saturated carbocycles. The molecule has 2 heterocycles.